The Morgan fingerprint density at radius 2 is 2.00 bits per heavy atom. The third-order valence-corrected chi connectivity index (χ3v) is 3.15. The van der Waals surface area contributed by atoms with Crippen molar-refractivity contribution in [2.75, 3.05) is 6.61 Å². The van der Waals surface area contributed by atoms with Crippen LogP contribution in [-0.4, -0.2) is 22.9 Å². The zero-order valence-electron chi connectivity index (χ0n) is 6.03. The molecule has 2 saturated carbocycles. The molecule has 0 aliphatic heterocycles. The number of hydrogen-bond donors (Lipinski definition) is 2. The zero-order chi connectivity index (χ0) is 7.14. The molecule has 0 saturated heterocycles. The molecule has 2 bridgehead atoms. The van der Waals surface area contributed by atoms with Crippen molar-refractivity contribution >= 4 is 0 Å². The molecule has 0 aromatic rings. The van der Waals surface area contributed by atoms with Crippen molar-refractivity contribution in [3.05, 3.63) is 0 Å². The Balaban J connectivity index is 2.06. The number of hydrogen-bond acceptors (Lipinski definition) is 2. The summed E-state index contributed by atoms with van der Waals surface area (Å²) in [5.41, 5.74) is 0. The molecule has 2 N–H and O–H groups in total. The van der Waals surface area contributed by atoms with Crippen molar-refractivity contribution in [1.29, 1.82) is 0 Å². The van der Waals surface area contributed by atoms with Gasteiger partial charge in [-0.1, -0.05) is 0 Å². The van der Waals surface area contributed by atoms with E-state index in [2.05, 4.69) is 0 Å². The summed E-state index contributed by atoms with van der Waals surface area (Å²) in [6, 6.07) is 0. The highest BCUT2D eigenvalue weighted by Gasteiger charge is 2.44. The highest BCUT2D eigenvalue weighted by Crippen LogP contribution is 2.47. The molecule has 2 fully saturated rings. The van der Waals surface area contributed by atoms with Crippen LogP contribution in [0.25, 0.3) is 0 Å². The predicted octanol–water partition coefficient (Wildman–Crippen LogP) is 0.386. The van der Waals surface area contributed by atoms with Crippen LogP contribution in [0.2, 0.25) is 0 Å². The van der Waals surface area contributed by atoms with Crippen molar-refractivity contribution in [3.63, 3.8) is 0 Å². The van der Waals surface area contributed by atoms with Crippen LogP contribution in [0.3, 0.4) is 0 Å². The van der Waals surface area contributed by atoms with Crippen LogP contribution in [0.15, 0.2) is 0 Å². The van der Waals surface area contributed by atoms with Gasteiger partial charge in [-0.05, 0) is 37.0 Å². The third-order valence-electron chi connectivity index (χ3n) is 3.15. The second-order valence-electron chi connectivity index (χ2n) is 3.75. The molecule has 0 aromatic carbocycles. The second-order valence-corrected chi connectivity index (χ2v) is 3.75. The van der Waals surface area contributed by atoms with Gasteiger partial charge in [0.05, 0.1) is 6.10 Å². The van der Waals surface area contributed by atoms with E-state index in [0.29, 0.717) is 11.8 Å². The molecule has 2 aliphatic carbocycles. The van der Waals surface area contributed by atoms with Gasteiger partial charge in [-0.3, -0.25) is 0 Å². The minimum absolute atomic E-state index is 0.101. The highest BCUT2D eigenvalue weighted by atomic mass is 16.3. The molecule has 0 heterocycles. The summed E-state index contributed by atoms with van der Waals surface area (Å²) < 4.78 is 0. The lowest BCUT2D eigenvalue weighted by atomic mass is 9.87. The molecule has 2 rings (SSSR count). The predicted molar refractivity (Wildman–Crippen MR) is 37.4 cm³/mol. The first-order valence-corrected chi connectivity index (χ1v) is 4.10. The van der Waals surface area contributed by atoms with E-state index >= 15 is 0 Å². The maximum absolute atomic E-state index is 9.41. The van der Waals surface area contributed by atoms with Gasteiger partial charge >= 0.3 is 0 Å². The standard InChI is InChI=1S/C8H14O2/c9-4-6-1-5-2-7(6)8(10)3-5/h5-10H,1-4H2/t5-,6-,7-,8+/m0/s1. The average molecular weight is 142 g/mol. The molecule has 0 radical (unpaired) electrons. The zero-order valence-corrected chi connectivity index (χ0v) is 6.03. The largest absolute Gasteiger partial charge is 0.396 e. The number of fused-ring (bicyclic) bond motifs is 2. The monoisotopic (exact) mass is 142 g/mol. The smallest absolute Gasteiger partial charge is 0.0574 e. The van der Waals surface area contributed by atoms with Crippen molar-refractivity contribution in [2.45, 2.75) is 25.4 Å². The lowest BCUT2D eigenvalue weighted by molar-refractivity contribution is 0.0560. The lowest BCUT2D eigenvalue weighted by Gasteiger charge is -2.23. The molecular weight excluding hydrogens is 128 g/mol. The van der Waals surface area contributed by atoms with Gasteiger partial charge in [0.15, 0.2) is 0 Å². The first kappa shape index (κ1) is 6.62. The Morgan fingerprint density at radius 3 is 2.40 bits per heavy atom. The Bertz CT molecular complexity index is 133. The third kappa shape index (κ3) is 0.789. The summed E-state index contributed by atoms with van der Waals surface area (Å²) >= 11 is 0. The SMILES string of the molecule is OC[C@@H]1C[C@H]2C[C@@H]1[C@H](O)C2. The quantitative estimate of drug-likeness (QED) is 0.556. The minimum Gasteiger partial charge on any atom is -0.396 e. The van der Waals surface area contributed by atoms with Crippen LogP contribution < -0.4 is 0 Å². The number of rotatable bonds is 1. The Morgan fingerprint density at radius 1 is 1.20 bits per heavy atom. The van der Waals surface area contributed by atoms with Crippen LogP contribution in [0, 0.1) is 17.8 Å². The van der Waals surface area contributed by atoms with E-state index in [1.807, 2.05) is 0 Å². The van der Waals surface area contributed by atoms with Crippen molar-refractivity contribution < 1.29 is 10.2 Å². The molecule has 0 amide bonds. The fraction of sp³-hybridized carbons (Fsp3) is 1.00. The van der Waals surface area contributed by atoms with Gasteiger partial charge < -0.3 is 10.2 Å². The van der Waals surface area contributed by atoms with E-state index in [1.165, 1.54) is 0 Å². The summed E-state index contributed by atoms with van der Waals surface area (Å²) in [5.74, 6) is 1.56. The van der Waals surface area contributed by atoms with Crippen LogP contribution in [0.4, 0.5) is 0 Å². The molecule has 0 spiro atoms. The molecule has 10 heavy (non-hydrogen) atoms. The van der Waals surface area contributed by atoms with Crippen LogP contribution >= 0.6 is 0 Å². The first-order valence-electron chi connectivity index (χ1n) is 4.10. The molecule has 4 atom stereocenters. The van der Waals surface area contributed by atoms with Gasteiger partial charge in [-0.2, -0.15) is 0 Å². The van der Waals surface area contributed by atoms with E-state index in [1.54, 1.807) is 0 Å². The lowest BCUT2D eigenvalue weighted by Crippen LogP contribution is -2.26. The fourth-order valence-corrected chi connectivity index (χ4v) is 2.67. The minimum atomic E-state index is -0.101. The van der Waals surface area contributed by atoms with Gasteiger partial charge in [-0.15, -0.1) is 0 Å². The van der Waals surface area contributed by atoms with Crippen LogP contribution in [-0.2, 0) is 0 Å². The highest BCUT2D eigenvalue weighted by molar-refractivity contribution is 4.94. The van der Waals surface area contributed by atoms with Crippen molar-refractivity contribution in [3.8, 4) is 0 Å². The summed E-state index contributed by atoms with van der Waals surface area (Å²) in [7, 11) is 0. The van der Waals surface area contributed by atoms with E-state index < -0.39 is 0 Å². The van der Waals surface area contributed by atoms with Gasteiger partial charge in [-0.25, -0.2) is 0 Å². The molecular formula is C8H14O2. The maximum atomic E-state index is 9.41. The Kier molecular flexibility index (Phi) is 1.46. The summed E-state index contributed by atoms with van der Waals surface area (Å²) in [6.45, 7) is 0.276. The second kappa shape index (κ2) is 2.21. The van der Waals surface area contributed by atoms with Gasteiger partial charge in [0.1, 0.15) is 0 Å². The normalized spacial score (nSPS) is 52.2. The fourth-order valence-electron chi connectivity index (χ4n) is 2.67. The van der Waals surface area contributed by atoms with E-state index in [4.69, 9.17) is 5.11 Å². The van der Waals surface area contributed by atoms with Crippen molar-refractivity contribution in [1.82, 2.24) is 0 Å². The van der Waals surface area contributed by atoms with Crippen LogP contribution in [0.5, 0.6) is 0 Å². The van der Waals surface area contributed by atoms with Gasteiger partial charge in [0.2, 0.25) is 0 Å². The van der Waals surface area contributed by atoms with E-state index in [0.717, 1.165) is 25.2 Å². The number of aliphatic hydroxyl groups is 2. The molecule has 0 aromatic heterocycles. The maximum Gasteiger partial charge on any atom is 0.0574 e. The summed E-state index contributed by atoms with van der Waals surface area (Å²) in [6.07, 6.45) is 3.20. The Hall–Kier alpha value is -0.0800. The molecule has 2 aliphatic rings. The van der Waals surface area contributed by atoms with Gasteiger partial charge in [0, 0.05) is 6.61 Å². The van der Waals surface area contributed by atoms with Gasteiger partial charge in [0.25, 0.3) is 0 Å². The molecule has 2 nitrogen and oxygen atoms in total. The summed E-state index contributed by atoms with van der Waals surface area (Å²) in [4.78, 5) is 0. The van der Waals surface area contributed by atoms with E-state index in [-0.39, 0.29) is 12.7 Å². The molecule has 2 heteroatoms. The summed E-state index contributed by atoms with van der Waals surface area (Å²) in [5, 5.41) is 18.3. The topological polar surface area (TPSA) is 40.5 Å². The Labute approximate surface area is 60.9 Å². The van der Waals surface area contributed by atoms with Crippen molar-refractivity contribution in [2.24, 2.45) is 17.8 Å². The van der Waals surface area contributed by atoms with Crippen LogP contribution in [0.1, 0.15) is 19.3 Å². The molecule has 0 unspecified atom stereocenters. The first-order chi connectivity index (χ1) is 4.81. The van der Waals surface area contributed by atoms with E-state index in [9.17, 15) is 5.11 Å². The number of aliphatic hydroxyl groups excluding tert-OH is 2. The average Bonchev–Trinajstić information content (AvgIpc) is 2.44. The molecule has 58 valence electrons.